The summed E-state index contributed by atoms with van der Waals surface area (Å²) in [5.41, 5.74) is 0.442. The third-order valence-electron chi connectivity index (χ3n) is 5.01. The van der Waals surface area contributed by atoms with Gasteiger partial charge in [0, 0.05) is 0 Å². The van der Waals surface area contributed by atoms with Gasteiger partial charge in [0.25, 0.3) is 0 Å². The molecular weight excluding hydrogens is 434 g/mol. The Morgan fingerprint density at radius 3 is 2.23 bits per heavy atom. The van der Waals surface area contributed by atoms with E-state index in [0.29, 0.717) is 24.3 Å². The molecule has 30 heavy (non-hydrogen) atoms. The van der Waals surface area contributed by atoms with Gasteiger partial charge in [0.05, 0.1) is 15.6 Å². The number of hydrogen-bond donors (Lipinski definition) is 2. The molecular formula is C20H41NO6Si3. The van der Waals surface area contributed by atoms with E-state index in [2.05, 4.69) is 58.1 Å². The van der Waals surface area contributed by atoms with E-state index in [0.717, 1.165) is 12.5 Å². The molecule has 0 radical (unpaired) electrons. The van der Waals surface area contributed by atoms with E-state index >= 15 is 0 Å². The lowest BCUT2D eigenvalue weighted by molar-refractivity contribution is -0.158. The molecule has 7 nitrogen and oxygen atoms in total. The average Bonchev–Trinajstić information content (AvgIpc) is 2.58. The largest absolute Gasteiger partial charge is 0.458 e. The first-order valence-corrected chi connectivity index (χ1v) is 19.3. The minimum Gasteiger partial charge on any atom is -0.458 e. The third-order valence-corrected chi connectivity index (χ3v) is 9.75. The summed E-state index contributed by atoms with van der Waals surface area (Å²) >= 11 is 0. The molecule has 0 aromatic rings. The van der Waals surface area contributed by atoms with Crippen molar-refractivity contribution in [1.29, 1.82) is 0 Å². The topological polar surface area (TPSA) is 94.1 Å². The van der Waals surface area contributed by atoms with Crippen LogP contribution < -0.4 is 5.32 Å². The SMILES string of the molecule is C=CC(=O)NCC(=O)OC1CC(C(C)[SiH2]C(O[Si](C)(C)C)O[Si](C)(C)C)CCC1O. The third kappa shape index (κ3) is 11.0. The Bertz CT molecular complexity index is 574. The molecule has 0 aromatic carbocycles. The Kier molecular flexibility index (Phi) is 10.6. The molecule has 0 spiro atoms. The van der Waals surface area contributed by atoms with Crippen molar-refractivity contribution < 1.29 is 28.3 Å². The van der Waals surface area contributed by atoms with Crippen LogP contribution in [0, 0.1) is 5.92 Å². The molecule has 0 aliphatic heterocycles. The number of carbonyl (C=O) groups excluding carboxylic acids is 2. The van der Waals surface area contributed by atoms with Crippen LogP contribution in [0.3, 0.4) is 0 Å². The van der Waals surface area contributed by atoms with Crippen molar-refractivity contribution in [3.63, 3.8) is 0 Å². The van der Waals surface area contributed by atoms with Crippen molar-refractivity contribution in [3.8, 4) is 0 Å². The van der Waals surface area contributed by atoms with E-state index in [4.69, 9.17) is 13.6 Å². The van der Waals surface area contributed by atoms with Crippen LogP contribution in [0.2, 0.25) is 44.8 Å². The second-order valence-electron chi connectivity index (χ2n) is 10.2. The maximum atomic E-state index is 12.0. The molecule has 10 heteroatoms. The van der Waals surface area contributed by atoms with Crippen LogP contribution in [0.5, 0.6) is 0 Å². The quantitative estimate of drug-likeness (QED) is 0.206. The molecule has 2 N–H and O–H groups in total. The van der Waals surface area contributed by atoms with Gasteiger partial charge in [-0.1, -0.05) is 13.5 Å². The number of esters is 1. The summed E-state index contributed by atoms with van der Waals surface area (Å²) in [6.45, 7) is 18.5. The lowest BCUT2D eigenvalue weighted by Gasteiger charge is -2.38. The van der Waals surface area contributed by atoms with E-state index in [-0.39, 0.29) is 12.5 Å². The van der Waals surface area contributed by atoms with Crippen molar-refractivity contribution in [2.24, 2.45) is 5.92 Å². The summed E-state index contributed by atoms with van der Waals surface area (Å²) in [7, 11) is -4.16. The normalized spacial score (nSPS) is 24.1. The number of ether oxygens (including phenoxy) is 1. The molecule has 0 bridgehead atoms. The second-order valence-corrected chi connectivity index (χ2v) is 21.5. The van der Waals surface area contributed by atoms with Gasteiger partial charge in [-0.3, -0.25) is 9.59 Å². The van der Waals surface area contributed by atoms with Gasteiger partial charge in [-0.05, 0) is 76.1 Å². The van der Waals surface area contributed by atoms with Gasteiger partial charge >= 0.3 is 5.97 Å². The molecule has 1 aliphatic rings. The average molecular weight is 476 g/mol. The summed E-state index contributed by atoms with van der Waals surface area (Å²) in [6.07, 6.45) is 2.04. The van der Waals surface area contributed by atoms with Gasteiger partial charge < -0.3 is 24.0 Å². The Labute approximate surface area is 186 Å². The van der Waals surface area contributed by atoms with Gasteiger partial charge in [-0.2, -0.15) is 0 Å². The Balaban J connectivity index is 2.69. The van der Waals surface area contributed by atoms with Crippen LogP contribution >= 0.6 is 0 Å². The molecule has 0 heterocycles. The van der Waals surface area contributed by atoms with Gasteiger partial charge in [0.1, 0.15) is 18.6 Å². The molecule has 0 saturated heterocycles. The van der Waals surface area contributed by atoms with Gasteiger partial charge in [-0.15, -0.1) is 0 Å². The van der Waals surface area contributed by atoms with Crippen molar-refractivity contribution >= 4 is 38.0 Å². The molecule has 1 rings (SSSR count). The fraction of sp³-hybridized carbons (Fsp3) is 0.800. The summed E-state index contributed by atoms with van der Waals surface area (Å²) in [5, 5.41) is 12.7. The molecule has 4 unspecified atom stereocenters. The molecule has 0 aromatic heterocycles. The first-order chi connectivity index (χ1) is 13.7. The van der Waals surface area contributed by atoms with Gasteiger partial charge in [0.2, 0.25) is 5.91 Å². The number of nitrogens with one attached hydrogen (secondary N) is 1. The predicted molar refractivity (Wildman–Crippen MR) is 127 cm³/mol. The zero-order chi connectivity index (χ0) is 23.1. The van der Waals surface area contributed by atoms with Crippen LogP contribution in [0.25, 0.3) is 0 Å². The number of aliphatic hydroxyl groups is 1. The zero-order valence-corrected chi connectivity index (χ0v) is 23.1. The zero-order valence-electron chi connectivity index (χ0n) is 19.7. The van der Waals surface area contributed by atoms with Crippen LogP contribution in [0.4, 0.5) is 0 Å². The summed E-state index contributed by atoms with van der Waals surface area (Å²) < 4.78 is 18.2. The number of hydrogen-bond acceptors (Lipinski definition) is 6. The lowest BCUT2D eigenvalue weighted by atomic mass is 9.83. The Morgan fingerprint density at radius 1 is 1.17 bits per heavy atom. The Morgan fingerprint density at radius 2 is 1.73 bits per heavy atom. The van der Waals surface area contributed by atoms with E-state index < -0.39 is 50.2 Å². The smallest absolute Gasteiger partial charge is 0.325 e. The number of aliphatic hydroxyl groups excluding tert-OH is 1. The molecule has 174 valence electrons. The molecule has 1 amide bonds. The highest BCUT2D eigenvalue weighted by atomic mass is 28.4. The molecule has 1 aliphatic carbocycles. The predicted octanol–water partition coefficient (Wildman–Crippen LogP) is 2.33. The molecule has 4 atom stereocenters. The summed E-state index contributed by atoms with van der Waals surface area (Å²) in [5.74, 6) is -0.690. The standard InChI is InChI=1S/C20H41NO6Si3/c1-9-18(23)21-13-19(24)25-17-12-15(10-11-16(17)22)14(2)28-20(26-29(3,4)5)27-30(6,7)8/h9,14-17,20,22H,1,10-13,28H2,2-8H3,(H,21,23). The Hall–Kier alpha value is -0.789. The number of carbonyl (C=O) groups is 2. The van der Waals surface area contributed by atoms with Crippen LogP contribution in [-0.2, 0) is 23.2 Å². The van der Waals surface area contributed by atoms with E-state index in [9.17, 15) is 14.7 Å². The first-order valence-electron chi connectivity index (χ1n) is 10.8. The highest BCUT2D eigenvalue weighted by Gasteiger charge is 2.36. The van der Waals surface area contributed by atoms with Crippen molar-refractivity contribution in [2.45, 2.75) is 89.1 Å². The van der Waals surface area contributed by atoms with Crippen LogP contribution in [0.1, 0.15) is 26.2 Å². The molecule has 1 fully saturated rings. The first kappa shape index (κ1) is 27.2. The fourth-order valence-corrected chi connectivity index (χ4v) is 10.6. The van der Waals surface area contributed by atoms with E-state index in [1.165, 1.54) is 0 Å². The second kappa shape index (κ2) is 11.7. The summed E-state index contributed by atoms with van der Waals surface area (Å²) in [6, 6.07) is 0. The van der Waals surface area contributed by atoms with Crippen molar-refractivity contribution in [1.82, 2.24) is 5.32 Å². The van der Waals surface area contributed by atoms with E-state index in [1.54, 1.807) is 0 Å². The number of rotatable bonds is 11. The minimum absolute atomic E-state index is 0.0831. The highest BCUT2D eigenvalue weighted by molar-refractivity contribution is 6.71. The minimum atomic E-state index is -1.72. The lowest BCUT2D eigenvalue weighted by Crippen LogP contribution is -2.45. The highest BCUT2D eigenvalue weighted by Crippen LogP contribution is 2.35. The van der Waals surface area contributed by atoms with E-state index in [1.807, 2.05) is 0 Å². The summed E-state index contributed by atoms with van der Waals surface area (Å²) in [4.78, 5) is 23.3. The van der Waals surface area contributed by atoms with Gasteiger partial charge in [-0.25, -0.2) is 0 Å². The number of amides is 1. The van der Waals surface area contributed by atoms with Gasteiger partial charge in [0.15, 0.2) is 16.6 Å². The molecule has 1 saturated carbocycles. The fourth-order valence-electron chi connectivity index (χ4n) is 3.63. The van der Waals surface area contributed by atoms with Crippen LogP contribution in [-0.4, -0.2) is 67.8 Å². The maximum absolute atomic E-state index is 12.0. The monoisotopic (exact) mass is 475 g/mol. The maximum Gasteiger partial charge on any atom is 0.325 e. The van der Waals surface area contributed by atoms with Crippen LogP contribution in [0.15, 0.2) is 12.7 Å². The van der Waals surface area contributed by atoms with Crippen molar-refractivity contribution in [3.05, 3.63) is 12.7 Å². The van der Waals surface area contributed by atoms with Crippen molar-refractivity contribution in [2.75, 3.05) is 6.54 Å².